The zero-order valence-corrected chi connectivity index (χ0v) is 19.0. The molecule has 0 saturated heterocycles. The van der Waals surface area contributed by atoms with E-state index in [4.69, 9.17) is 4.74 Å². The molecule has 0 unspecified atom stereocenters. The summed E-state index contributed by atoms with van der Waals surface area (Å²) in [4.78, 5) is 46.1. The first-order valence-electron chi connectivity index (χ1n) is 9.50. The Labute approximate surface area is 181 Å². The summed E-state index contributed by atoms with van der Waals surface area (Å²) in [6.07, 6.45) is 6.73. The summed E-state index contributed by atoms with van der Waals surface area (Å²) in [5, 5.41) is 3.47. The second kappa shape index (κ2) is 10.5. The number of carbonyl (C=O) groups is 2. The van der Waals surface area contributed by atoms with Crippen LogP contribution in [-0.2, 0) is 32.9 Å². The number of ether oxygens (including phenoxy) is 1. The second-order valence-corrected chi connectivity index (χ2v) is 9.88. The molecule has 0 aliphatic heterocycles. The van der Waals surface area contributed by atoms with Gasteiger partial charge in [-0.05, 0) is 49.7 Å². The highest BCUT2D eigenvalue weighted by Gasteiger charge is 2.22. The van der Waals surface area contributed by atoms with Crippen molar-refractivity contribution in [1.82, 2.24) is 15.3 Å². The number of nitrogens with zero attached hydrogens (tertiary/aromatic N) is 1. The number of rotatable bonds is 9. The molecule has 158 valence electrons. The Morgan fingerprint density at radius 2 is 2.14 bits per heavy atom. The van der Waals surface area contributed by atoms with Crippen molar-refractivity contribution in [2.45, 2.75) is 43.9 Å². The second-order valence-electron chi connectivity index (χ2n) is 6.82. The van der Waals surface area contributed by atoms with E-state index < -0.39 is 12.0 Å². The molecule has 7 nitrogen and oxygen atoms in total. The van der Waals surface area contributed by atoms with Gasteiger partial charge in [0.05, 0.1) is 24.0 Å². The summed E-state index contributed by atoms with van der Waals surface area (Å²) in [5.74, 6) is 1.26. The van der Waals surface area contributed by atoms with E-state index in [9.17, 15) is 14.4 Å². The van der Waals surface area contributed by atoms with Gasteiger partial charge in [0.25, 0.3) is 5.56 Å². The lowest BCUT2D eigenvalue weighted by Gasteiger charge is -2.15. The normalized spacial score (nSPS) is 14.4. The fourth-order valence-electron chi connectivity index (χ4n) is 3.38. The monoisotopic (exact) mass is 455 g/mol. The molecule has 10 heteroatoms. The number of hydrogen-bond acceptors (Lipinski definition) is 8. The van der Waals surface area contributed by atoms with E-state index in [2.05, 4.69) is 15.3 Å². The van der Waals surface area contributed by atoms with Crippen molar-refractivity contribution in [2.24, 2.45) is 0 Å². The molecule has 0 aromatic carbocycles. The Hall–Kier alpha value is -1.52. The van der Waals surface area contributed by atoms with Gasteiger partial charge < -0.3 is 15.0 Å². The molecule has 2 aromatic rings. The van der Waals surface area contributed by atoms with Gasteiger partial charge in [0, 0.05) is 4.88 Å². The van der Waals surface area contributed by atoms with Crippen molar-refractivity contribution in [1.29, 1.82) is 0 Å². The summed E-state index contributed by atoms with van der Waals surface area (Å²) in [5.41, 5.74) is 1.08. The van der Waals surface area contributed by atoms with E-state index in [1.54, 1.807) is 23.1 Å². The van der Waals surface area contributed by atoms with Crippen LogP contribution in [-0.4, -0.2) is 52.8 Å². The molecule has 1 aliphatic rings. The molecule has 0 fully saturated rings. The number of carbonyl (C=O) groups excluding carboxylic acids is 2. The lowest BCUT2D eigenvalue weighted by molar-refractivity contribution is -0.144. The molecule has 0 saturated carbocycles. The Balaban J connectivity index is 1.58. The highest BCUT2D eigenvalue weighted by Crippen LogP contribution is 2.33. The SMILES string of the molecule is COC(=O)[C@H](CCSC)NC(=O)CSCc1nc2sc3c(c2c(=O)[nH]1)CCCC3. The number of aryl methyl sites for hydroxylation is 2. The van der Waals surface area contributed by atoms with Gasteiger partial charge >= 0.3 is 5.97 Å². The Morgan fingerprint density at radius 1 is 1.34 bits per heavy atom. The average Bonchev–Trinajstić information content (AvgIpc) is 3.09. The quantitative estimate of drug-likeness (QED) is 0.560. The Bertz CT molecular complexity index is 941. The molecular weight excluding hydrogens is 430 g/mol. The van der Waals surface area contributed by atoms with Crippen LogP contribution < -0.4 is 10.9 Å². The maximum absolute atomic E-state index is 12.6. The maximum Gasteiger partial charge on any atom is 0.328 e. The molecule has 1 aliphatic carbocycles. The average molecular weight is 456 g/mol. The number of aromatic amines is 1. The van der Waals surface area contributed by atoms with Gasteiger partial charge in [-0.3, -0.25) is 9.59 Å². The number of nitrogens with one attached hydrogen (secondary N) is 2. The van der Waals surface area contributed by atoms with Crippen LogP contribution in [0, 0.1) is 0 Å². The third-order valence-electron chi connectivity index (χ3n) is 4.78. The first-order valence-corrected chi connectivity index (χ1v) is 12.9. The molecule has 3 rings (SSSR count). The molecule has 2 heterocycles. The molecule has 29 heavy (non-hydrogen) atoms. The molecule has 0 spiro atoms. The van der Waals surface area contributed by atoms with Crippen molar-refractivity contribution in [2.75, 3.05) is 24.9 Å². The molecule has 2 N–H and O–H groups in total. The highest BCUT2D eigenvalue weighted by molar-refractivity contribution is 7.99. The fraction of sp³-hybridized carbons (Fsp3) is 0.579. The Kier molecular flexibility index (Phi) is 8.02. The van der Waals surface area contributed by atoms with Crippen LogP contribution in [0.4, 0.5) is 0 Å². The summed E-state index contributed by atoms with van der Waals surface area (Å²) >= 11 is 4.58. The number of hydrogen-bond donors (Lipinski definition) is 2. The minimum Gasteiger partial charge on any atom is -0.467 e. The largest absolute Gasteiger partial charge is 0.467 e. The molecule has 0 bridgehead atoms. The summed E-state index contributed by atoms with van der Waals surface area (Å²) in [7, 11) is 1.32. The van der Waals surface area contributed by atoms with Crippen molar-refractivity contribution >= 4 is 57.0 Å². The van der Waals surface area contributed by atoms with E-state index in [0.29, 0.717) is 18.0 Å². The van der Waals surface area contributed by atoms with Crippen LogP contribution in [0.25, 0.3) is 10.2 Å². The van der Waals surface area contributed by atoms with Gasteiger partial charge in [-0.25, -0.2) is 9.78 Å². The number of thioether (sulfide) groups is 2. The number of esters is 1. The van der Waals surface area contributed by atoms with Gasteiger partial charge in [0.2, 0.25) is 5.91 Å². The van der Waals surface area contributed by atoms with Gasteiger partial charge in [0.15, 0.2) is 0 Å². The molecular formula is C19H25N3O4S3. The Morgan fingerprint density at radius 3 is 2.90 bits per heavy atom. The first kappa shape index (κ1) is 22.2. The zero-order valence-electron chi connectivity index (χ0n) is 16.5. The summed E-state index contributed by atoms with van der Waals surface area (Å²) in [6.45, 7) is 0. The van der Waals surface area contributed by atoms with E-state index >= 15 is 0 Å². The van der Waals surface area contributed by atoms with Crippen LogP contribution in [0.2, 0.25) is 0 Å². The molecule has 2 aromatic heterocycles. The molecule has 1 atom stereocenters. The zero-order chi connectivity index (χ0) is 20.8. The predicted octanol–water partition coefficient (Wildman–Crippen LogP) is 2.51. The number of H-pyrrole nitrogens is 1. The topological polar surface area (TPSA) is 101 Å². The number of aromatic nitrogens is 2. The third-order valence-corrected chi connectivity index (χ3v) is 7.55. The lowest BCUT2D eigenvalue weighted by atomic mass is 9.97. The van der Waals surface area contributed by atoms with Crippen molar-refractivity contribution in [3.63, 3.8) is 0 Å². The van der Waals surface area contributed by atoms with Crippen LogP contribution in [0.15, 0.2) is 4.79 Å². The van der Waals surface area contributed by atoms with Gasteiger partial charge in [-0.1, -0.05) is 0 Å². The van der Waals surface area contributed by atoms with Gasteiger partial charge in [-0.2, -0.15) is 11.8 Å². The minimum absolute atomic E-state index is 0.0859. The van der Waals surface area contributed by atoms with Crippen LogP contribution in [0.5, 0.6) is 0 Å². The standard InChI is InChI=1S/C19H25N3O4S3/c1-26-19(25)12(7-8-27-2)20-15(23)10-28-9-14-21-17(24)16-11-5-3-4-6-13(11)29-18(16)22-14/h12H,3-10H2,1-2H3,(H,20,23)(H,21,22,24)/t12-/m0/s1. The van der Waals surface area contributed by atoms with Gasteiger partial charge in [-0.15, -0.1) is 23.1 Å². The number of fused-ring (bicyclic) bond motifs is 3. The van der Waals surface area contributed by atoms with Crippen LogP contribution in [0.1, 0.15) is 35.5 Å². The van der Waals surface area contributed by atoms with Crippen LogP contribution in [0.3, 0.4) is 0 Å². The van der Waals surface area contributed by atoms with E-state index in [1.165, 1.54) is 35.7 Å². The van der Waals surface area contributed by atoms with Crippen molar-refractivity contribution in [3.8, 4) is 0 Å². The predicted molar refractivity (Wildman–Crippen MR) is 120 cm³/mol. The summed E-state index contributed by atoms with van der Waals surface area (Å²) in [6, 6.07) is -0.632. The van der Waals surface area contributed by atoms with E-state index in [-0.39, 0.29) is 17.2 Å². The third kappa shape index (κ3) is 5.55. The minimum atomic E-state index is -0.632. The van der Waals surface area contributed by atoms with E-state index in [1.807, 2.05) is 6.26 Å². The van der Waals surface area contributed by atoms with E-state index in [0.717, 1.165) is 35.2 Å². The maximum atomic E-state index is 12.6. The molecule has 0 radical (unpaired) electrons. The number of thiophene rings is 1. The smallest absolute Gasteiger partial charge is 0.328 e. The molecule has 1 amide bonds. The number of amides is 1. The van der Waals surface area contributed by atoms with Crippen LogP contribution >= 0.6 is 34.9 Å². The number of methoxy groups -OCH3 is 1. The highest BCUT2D eigenvalue weighted by atomic mass is 32.2. The summed E-state index contributed by atoms with van der Waals surface area (Å²) < 4.78 is 4.75. The van der Waals surface area contributed by atoms with Gasteiger partial charge in [0.1, 0.15) is 16.7 Å². The first-order chi connectivity index (χ1) is 14.0. The van der Waals surface area contributed by atoms with Crippen molar-refractivity contribution in [3.05, 3.63) is 26.6 Å². The lowest BCUT2D eigenvalue weighted by Crippen LogP contribution is -2.42. The fourth-order valence-corrected chi connectivity index (χ4v) is 5.83. The van der Waals surface area contributed by atoms with Crippen molar-refractivity contribution < 1.29 is 14.3 Å².